The normalized spacial score (nSPS) is 28.8. The van der Waals surface area contributed by atoms with Crippen molar-refractivity contribution in [2.24, 2.45) is 0 Å². The lowest BCUT2D eigenvalue weighted by Gasteiger charge is -2.42. The van der Waals surface area contributed by atoms with Crippen LogP contribution in [-0.2, 0) is 20.7 Å². The number of amides is 1. The van der Waals surface area contributed by atoms with Crippen molar-refractivity contribution in [3.05, 3.63) is 33.8 Å². The number of carbonyl (C=O) groups is 1. The minimum Gasteiger partial charge on any atom is -0.382 e. The molecule has 0 radical (unpaired) electrons. The van der Waals surface area contributed by atoms with Crippen LogP contribution in [0.3, 0.4) is 0 Å². The molecule has 0 aliphatic carbocycles. The summed E-state index contributed by atoms with van der Waals surface area (Å²) in [5, 5.41) is 0. The van der Waals surface area contributed by atoms with Crippen molar-refractivity contribution in [2.75, 3.05) is 20.3 Å². The third-order valence-corrected chi connectivity index (χ3v) is 4.67. The van der Waals surface area contributed by atoms with Crippen LogP contribution in [0.25, 0.3) is 0 Å². The smallest absolute Gasteiger partial charge is 0.224 e. The molecular formula is C16H20BrNO3. The fourth-order valence-electron chi connectivity index (χ4n) is 3.27. The van der Waals surface area contributed by atoms with Crippen LogP contribution in [0.5, 0.6) is 0 Å². The molecule has 0 bridgehead atoms. The molecule has 2 aliphatic rings. The fourth-order valence-corrected chi connectivity index (χ4v) is 3.65. The van der Waals surface area contributed by atoms with Gasteiger partial charge >= 0.3 is 0 Å². The first kappa shape index (κ1) is 15.0. The summed E-state index contributed by atoms with van der Waals surface area (Å²) in [4.78, 5) is 14.0. The minimum absolute atomic E-state index is 0.174. The maximum atomic E-state index is 12.1. The number of carbonyl (C=O) groups excluding carboxylic acids is 1. The Labute approximate surface area is 133 Å². The van der Waals surface area contributed by atoms with E-state index in [1.165, 1.54) is 5.56 Å². The van der Waals surface area contributed by atoms with Gasteiger partial charge in [-0.1, -0.05) is 22.0 Å². The van der Waals surface area contributed by atoms with Crippen molar-refractivity contribution < 1.29 is 14.3 Å². The van der Waals surface area contributed by atoms with Crippen molar-refractivity contribution in [3.8, 4) is 0 Å². The van der Waals surface area contributed by atoms with Crippen LogP contribution in [0.4, 0.5) is 0 Å². The van der Waals surface area contributed by atoms with E-state index < -0.39 is 5.60 Å². The van der Waals surface area contributed by atoms with Gasteiger partial charge in [0.2, 0.25) is 5.91 Å². The van der Waals surface area contributed by atoms with E-state index in [4.69, 9.17) is 9.47 Å². The summed E-state index contributed by atoms with van der Waals surface area (Å²) in [7, 11) is 1.68. The Balaban J connectivity index is 2.00. The standard InChI is InChI=1S/C16H20BrNO3/c1-16(10-20-2)9-11-5-6-12(17)8-13(11)15(21-16)18-7-3-4-14(18)19/h5-6,8,15H,3-4,7,9-10H2,1-2H3. The number of halogens is 1. The fraction of sp³-hybridized carbons (Fsp3) is 0.562. The van der Waals surface area contributed by atoms with Gasteiger partial charge in [0.1, 0.15) is 0 Å². The largest absolute Gasteiger partial charge is 0.382 e. The lowest BCUT2D eigenvalue weighted by molar-refractivity contribution is -0.183. The van der Waals surface area contributed by atoms with E-state index in [1.807, 2.05) is 11.0 Å². The maximum absolute atomic E-state index is 12.1. The summed E-state index contributed by atoms with van der Waals surface area (Å²) >= 11 is 3.52. The van der Waals surface area contributed by atoms with Gasteiger partial charge in [0.15, 0.2) is 6.23 Å². The molecule has 1 fully saturated rings. The Bertz CT molecular complexity index is 562. The van der Waals surface area contributed by atoms with E-state index >= 15 is 0 Å². The van der Waals surface area contributed by atoms with Crippen LogP contribution < -0.4 is 0 Å². The molecule has 5 heteroatoms. The van der Waals surface area contributed by atoms with Crippen molar-refractivity contribution >= 4 is 21.8 Å². The highest BCUT2D eigenvalue weighted by atomic mass is 79.9. The molecule has 0 N–H and O–H groups in total. The second kappa shape index (κ2) is 5.71. The van der Waals surface area contributed by atoms with Gasteiger partial charge < -0.3 is 14.4 Å². The van der Waals surface area contributed by atoms with Crippen LogP contribution in [0.15, 0.2) is 22.7 Å². The third-order valence-electron chi connectivity index (χ3n) is 4.18. The van der Waals surface area contributed by atoms with Gasteiger partial charge in [0, 0.05) is 36.5 Å². The highest BCUT2D eigenvalue weighted by Gasteiger charge is 2.41. The molecule has 1 saturated heterocycles. The van der Waals surface area contributed by atoms with Crippen LogP contribution in [-0.4, -0.2) is 36.7 Å². The van der Waals surface area contributed by atoms with E-state index in [0.29, 0.717) is 13.0 Å². The summed E-state index contributed by atoms with van der Waals surface area (Å²) in [6.45, 7) is 3.33. The van der Waals surface area contributed by atoms with Crippen LogP contribution in [0, 0.1) is 0 Å². The van der Waals surface area contributed by atoms with Crippen LogP contribution >= 0.6 is 15.9 Å². The molecular weight excluding hydrogens is 334 g/mol. The van der Waals surface area contributed by atoms with Crippen molar-refractivity contribution in [1.29, 1.82) is 0 Å². The number of fused-ring (bicyclic) bond motifs is 1. The number of nitrogens with zero attached hydrogens (tertiary/aromatic N) is 1. The molecule has 21 heavy (non-hydrogen) atoms. The van der Waals surface area contributed by atoms with Gasteiger partial charge in [0.05, 0.1) is 12.2 Å². The number of benzene rings is 1. The number of hydrogen-bond acceptors (Lipinski definition) is 3. The quantitative estimate of drug-likeness (QED) is 0.838. The van der Waals surface area contributed by atoms with E-state index in [0.717, 1.165) is 29.4 Å². The number of hydrogen-bond donors (Lipinski definition) is 0. The Hall–Kier alpha value is -0.910. The molecule has 3 rings (SSSR count). The van der Waals surface area contributed by atoms with Crippen LogP contribution in [0.2, 0.25) is 0 Å². The summed E-state index contributed by atoms with van der Waals surface area (Å²) < 4.78 is 12.6. The highest BCUT2D eigenvalue weighted by molar-refractivity contribution is 9.10. The zero-order chi connectivity index (χ0) is 15.0. The molecule has 1 amide bonds. The Kier molecular flexibility index (Phi) is 4.08. The van der Waals surface area contributed by atoms with Gasteiger partial charge in [-0.05, 0) is 31.0 Å². The van der Waals surface area contributed by atoms with E-state index in [2.05, 4.69) is 35.0 Å². The zero-order valence-corrected chi connectivity index (χ0v) is 14.0. The first-order valence-electron chi connectivity index (χ1n) is 7.27. The van der Waals surface area contributed by atoms with Crippen molar-refractivity contribution in [3.63, 3.8) is 0 Å². The van der Waals surface area contributed by atoms with Crippen molar-refractivity contribution in [1.82, 2.24) is 4.90 Å². The number of likely N-dealkylation sites (tertiary alicyclic amines) is 1. The summed E-state index contributed by atoms with van der Waals surface area (Å²) in [5.41, 5.74) is 1.92. The molecule has 1 aromatic rings. The SMILES string of the molecule is COCC1(C)Cc2ccc(Br)cc2C(N2CCCC2=O)O1. The minimum atomic E-state index is -0.400. The maximum Gasteiger partial charge on any atom is 0.224 e. The summed E-state index contributed by atoms with van der Waals surface area (Å²) in [6.07, 6.45) is 2.01. The summed E-state index contributed by atoms with van der Waals surface area (Å²) in [5.74, 6) is 0.174. The molecule has 2 heterocycles. The molecule has 0 saturated carbocycles. The van der Waals surface area contributed by atoms with E-state index in [1.54, 1.807) is 7.11 Å². The van der Waals surface area contributed by atoms with Crippen LogP contribution in [0.1, 0.15) is 37.1 Å². The first-order chi connectivity index (χ1) is 10.0. The highest BCUT2D eigenvalue weighted by Crippen LogP contribution is 2.40. The Morgan fingerprint density at radius 1 is 1.52 bits per heavy atom. The molecule has 4 nitrogen and oxygen atoms in total. The zero-order valence-electron chi connectivity index (χ0n) is 12.4. The Morgan fingerprint density at radius 3 is 3.00 bits per heavy atom. The molecule has 114 valence electrons. The van der Waals surface area contributed by atoms with Gasteiger partial charge in [-0.15, -0.1) is 0 Å². The topological polar surface area (TPSA) is 38.8 Å². The second-order valence-corrected chi connectivity index (χ2v) is 6.98. The predicted molar refractivity (Wildman–Crippen MR) is 82.9 cm³/mol. The molecule has 2 aliphatic heterocycles. The molecule has 2 atom stereocenters. The lowest BCUT2D eigenvalue weighted by atomic mass is 9.89. The average molecular weight is 354 g/mol. The number of ether oxygens (including phenoxy) is 2. The predicted octanol–water partition coefficient (Wildman–Crippen LogP) is 3.05. The number of rotatable bonds is 3. The van der Waals surface area contributed by atoms with E-state index in [9.17, 15) is 4.79 Å². The van der Waals surface area contributed by atoms with Gasteiger partial charge in [0.25, 0.3) is 0 Å². The van der Waals surface area contributed by atoms with Crippen molar-refractivity contribution in [2.45, 2.75) is 38.0 Å². The third kappa shape index (κ3) is 2.87. The molecule has 0 spiro atoms. The second-order valence-electron chi connectivity index (χ2n) is 6.06. The first-order valence-corrected chi connectivity index (χ1v) is 8.06. The van der Waals surface area contributed by atoms with Gasteiger partial charge in [-0.2, -0.15) is 0 Å². The monoisotopic (exact) mass is 353 g/mol. The van der Waals surface area contributed by atoms with Gasteiger partial charge in [-0.3, -0.25) is 4.79 Å². The lowest BCUT2D eigenvalue weighted by Crippen LogP contribution is -2.46. The van der Waals surface area contributed by atoms with E-state index in [-0.39, 0.29) is 12.1 Å². The average Bonchev–Trinajstić information content (AvgIpc) is 2.85. The number of methoxy groups -OCH3 is 1. The Morgan fingerprint density at radius 2 is 2.33 bits per heavy atom. The molecule has 1 aromatic carbocycles. The molecule has 2 unspecified atom stereocenters. The van der Waals surface area contributed by atoms with Gasteiger partial charge in [-0.25, -0.2) is 0 Å². The summed E-state index contributed by atoms with van der Waals surface area (Å²) in [6, 6.07) is 6.22. The molecule has 0 aromatic heterocycles.